The fourth-order valence-electron chi connectivity index (χ4n) is 1.89. The van der Waals surface area contributed by atoms with Crippen molar-refractivity contribution in [2.24, 2.45) is 0 Å². The van der Waals surface area contributed by atoms with Crippen LogP contribution in [-0.2, 0) is 10.5 Å². The number of hydrogen-bond acceptors (Lipinski definition) is 3. The molecule has 2 aromatic rings. The van der Waals surface area contributed by atoms with E-state index in [4.69, 9.17) is 16.3 Å². The Morgan fingerprint density at radius 2 is 1.91 bits per heavy atom. The number of rotatable bonds is 6. The van der Waals surface area contributed by atoms with Crippen LogP contribution in [0.3, 0.4) is 0 Å². The van der Waals surface area contributed by atoms with Crippen LogP contribution in [0.5, 0.6) is 5.75 Å². The number of carbonyl (C=O) groups excluding carboxylic acids is 1. The summed E-state index contributed by atoms with van der Waals surface area (Å²) in [5.74, 6) is 0.0306. The Labute approximate surface area is 142 Å². The Kier molecular flexibility index (Phi) is 6.24. The first-order valence-corrected chi connectivity index (χ1v) is 8.18. The molecule has 0 unspecified atom stereocenters. The van der Waals surface area contributed by atoms with Crippen LogP contribution in [0.2, 0.25) is 5.02 Å². The maximum absolute atomic E-state index is 13.2. The Morgan fingerprint density at radius 1 is 1.22 bits per heavy atom. The van der Waals surface area contributed by atoms with Gasteiger partial charge in [0.1, 0.15) is 17.4 Å². The van der Waals surface area contributed by atoms with Crippen LogP contribution < -0.4 is 10.1 Å². The minimum atomic E-state index is -0.472. The van der Waals surface area contributed by atoms with Gasteiger partial charge in [0.15, 0.2) is 0 Å². The van der Waals surface area contributed by atoms with E-state index in [1.165, 1.54) is 43.1 Å². The van der Waals surface area contributed by atoms with E-state index in [0.29, 0.717) is 22.8 Å². The van der Waals surface area contributed by atoms with Crippen LogP contribution in [0.1, 0.15) is 5.56 Å². The van der Waals surface area contributed by atoms with Gasteiger partial charge in [-0.2, -0.15) is 0 Å². The second-order valence-electron chi connectivity index (χ2n) is 4.62. The number of ether oxygens (including phenoxy) is 1. The molecule has 0 fully saturated rings. The zero-order valence-electron chi connectivity index (χ0n) is 12.2. The largest absolute Gasteiger partial charge is 0.496 e. The van der Waals surface area contributed by atoms with Crippen LogP contribution in [0.4, 0.5) is 14.5 Å². The van der Waals surface area contributed by atoms with E-state index in [2.05, 4.69) is 5.32 Å². The standard InChI is InChI=1S/C16H14ClF2NO2S/c1-22-15-5-3-11(18)6-10(15)8-23-9-16(21)20-14-4-2-12(19)7-13(14)17/h2-7H,8-9H2,1H3,(H,20,21). The lowest BCUT2D eigenvalue weighted by Crippen LogP contribution is -2.14. The topological polar surface area (TPSA) is 38.3 Å². The van der Waals surface area contributed by atoms with Crippen molar-refractivity contribution in [3.63, 3.8) is 0 Å². The van der Waals surface area contributed by atoms with E-state index in [1.54, 1.807) is 6.07 Å². The second kappa shape index (κ2) is 8.17. The molecule has 0 radical (unpaired) electrons. The molecule has 7 heteroatoms. The molecule has 2 rings (SSSR count). The summed E-state index contributed by atoms with van der Waals surface area (Å²) in [5.41, 5.74) is 1.02. The summed E-state index contributed by atoms with van der Waals surface area (Å²) in [6.07, 6.45) is 0. The molecule has 23 heavy (non-hydrogen) atoms. The van der Waals surface area contributed by atoms with Gasteiger partial charge >= 0.3 is 0 Å². The fraction of sp³-hybridized carbons (Fsp3) is 0.188. The van der Waals surface area contributed by atoms with Gasteiger partial charge in [0, 0.05) is 11.3 Å². The highest BCUT2D eigenvalue weighted by Crippen LogP contribution is 2.25. The number of hydrogen-bond donors (Lipinski definition) is 1. The molecule has 1 amide bonds. The number of thioether (sulfide) groups is 1. The number of nitrogens with one attached hydrogen (secondary N) is 1. The molecule has 0 aliphatic carbocycles. The van der Waals surface area contributed by atoms with Crippen LogP contribution in [-0.4, -0.2) is 18.8 Å². The summed E-state index contributed by atoms with van der Waals surface area (Å²) in [6.45, 7) is 0. The van der Waals surface area contributed by atoms with E-state index < -0.39 is 5.82 Å². The lowest BCUT2D eigenvalue weighted by atomic mass is 10.2. The number of benzene rings is 2. The van der Waals surface area contributed by atoms with Gasteiger partial charge in [0.25, 0.3) is 0 Å². The smallest absolute Gasteiger partial charge is 0.234 e. The van der Waals surface area contributed by atoms with Crippen molar-refractivity contribution in [2.45, 2.75) is 5.75 Å². The average Bonchev–Trinajstić information content (AvgIpc) is 2.50. The molecule has 0 bridgehead atoms. The highest BCUT2D eigenvalue weighted by Gasteiger charge is 2.09. The van der Waals surface area contributed by atoms with Crippen molar-refractivity contribution in [3.05, 3.63) is 58.6 Å². The molecule has 1 N–H and O–H groups in total. The van der Waals surface area contributed by atoms with E-state index in [9.17, 15) is 13.6 Å². The molecule has 0 saturated carbocycles. The third kappa shape index (κ3) is 5.11. The second-order valence-corrected chi connectivity index (χ2v) is 6.01. The maximum Gasteiger partial charge on any atom is 0.234 e. The van der Waals surface area contributed by atoms with Crippen LogP contribution >= 0.6 is 23.4 Å². The van der Waals surface area contributed by atoms with Crippen molar-refractivity contribution in [1.29, 1.82) is 0 Å². The highest BCUT2D eigenvalue weighted by atomic mass is 35.5. The predicted octanol–water partition coefficient (Wildman–Crippen LogP) is 4.50. The first-order valence-electron chi connectivity index (χ1n) is 6.64. The molecular weight excluding hydrogens is 344 g/mol. The SMILES string of the molecule is COc1ccc(F)cc1CSCC(=O)Nc1ccc(F)cc1Cl. The molecule has 0 aromatic heterocycles. The average molecular weight is 358 g/mol. The first-order chi connectivity index (χ1) is 11.0. The van der Waals surface area contributed by atoms with Gasteiger partial charge in [-0.3, -0.25) is 4.79 Å². The zero-order valence-corrected chi connectivity index (χ0v) is 13.8. The normalized spacial score (nSPS) is 10.4. The van der Waals surface area contributed by atoms with Crippen molar-refractivity contribution in [3.8, 4) is 5.75 Å². The minimum absolute atomic E-state index is 0.134. The van der Waals surface area contributed by atoms with Gasteiger partial charge in [0.05, 0.1) is 23.6 Å². The molecule has 0 spiro atoms. The zero-order chi connectivity index (χ0) is 16.8. The van der Waals surface area contributed by atoms with Gasteiger partial charge in [-0.05, 0) is 36.4 Å². The van der Waals surface area contributed by atoms with Crippen molar-refractivity contribution in [1.82, 2.24) is 0 Å². The summed E-state index contributed by atoms with van der Waals surface area (Å²) in [4.78, 5) is 11.9. The predicted molar refractivity (Wildman–Crippen MR) is 89.2 cm³/mol. The number of amides is 1. The molecule has 0 atom stereocenters. The third-order valence-electron chi connectivity index (χ3n) is 2.94. The molecular formula is C16H14ClF2NO2S. The van der Waals surface area contributed by atoms with Crippen molar-refractivity contribution >= 4 is 35.0 Å². The van der Waals surface area contributed by atoms with Crippen LogP contribution in [0.25, 0.3) is 0 Å². The lowest BCUT2D eigenvalue weighted by molar-refractivity contribution is -0.113. The lowest BCUT2D eigenvalue weighted by Gasteiger charge is -2.09. The van der Waals surface area contributed by atoms with E-state index in [0.717, 1.165) is 6.07 Å². The van der Waals surface area contributed by atoms with Gasteiger partial charge < -0.3 is 10.1 Å². The Hall–Kier alpha value is -1.79. The first kappa shape index (κ1) is 17.6. The van der Waals surface area contributed by atoms with Gasteiger partial charge in [-0.15, -0.1) is 11.8 Å². The summed E-state index contributed by atoms with van der Waals surface area (Å²) < 4.78 is 31.3. The number of halogens is 3. The monoisotopic (exact) mass is 357 g/mol. The number of carbonyl (C=O) groups is 1. The molecule has 0 saturated heterocycles. The molecule has 122 valence electrons. The van der Waals surface area contributed by atoms with E-state index in [1.807, 2.05) is 0 Å². The Morgan fingerprint density at radius 3 is 2.61 bits per heavy atom. The molecule has 3 nitrogen and oxygen atoms in total. The summed E-state index contributed by atoms with van der Waals surface area (Å²) in [5, 5.41) is 2.73. The van der Waals surface area contributed by atoms with Gasteiger partial charge in [-0.25, -0.2) is 8.78 Å². The quantitative estimate of drug-likeness (QED) is 0.827. The Balaban J connectivity index is 1.89. The van der Waals surface area contributed by atoms with Crippen molar-refractivity contribution < 1.29 is 18.3 Å². The van der Waals surface area contributed by atoms with Gasteiger partial charge in [-0.1, -0.05) is 11.6 Å². The summed E-state index contributed by atoms with van der Waals surface area (Å²) >= 11 is 7.15. The minimum Gasteiger partial charge on any atom is -0.496 e. The van der Waals surface area contributed by atoms with Crippen LogP contribution in [0, 0.1) is 11.6 Å². The number of methoxy groups -OCH3 is 1. The van der Waals surface area contributed by atoms with Crippen LogP contribution in [0.15, 0.2) is 36.4 Å². The van der Waals surface area contributed by atoms with Gasteiger partial charge in [0.2, 0.25) is 5.91 Å². The van der Waals surface area contributed by atoms with E-state index in [-0.39, 0.29) is 22.5 Å². The molecule has 2 aromatic carbocycles. The molecule has 0 aliphatic heterocycles. The maximum atomic E-state index is 13.2. The fourth-order valence-corrected chi connectivity index (χ4v) is 2.91. The summed E-state index contributed by atoms with van der Waals surface area (Å²) in [7, 11) is 1.50. The Bertz CT molecular complexity index is 712. The van der Waals surface area contributed by atoms with Crippen molar-refractivity contribution in [2.75, 3.05) is 18.2 Å². The highest BCUT2D eigenvalue weighted by molar-refractivity contribution is 7.99. The molecule has 0 heterocycles. The molecule has 0 aliphatic rings. The third-order valence-corrected chi connectivity index (χ3v) is 4.23. The van der Waals surface area contributed by atoms with E-state index >= 15 is 0 Å². The number of anilines is 1. The summed E-state index contributed by atoms with van der Waals surface area (Å²) in [6, 6.07) is 7.98.